The first-order chi connectivity index (χ1) is 21.6. The number of carbonyl (C=O) groups is 2. The van der Waals surface area contributed by atoms with Crippen LogP contribution >= 0.6 is 0 Å². The molecule has 0 aromatic heterocycles. The monoisotopic (exact) mass is 610 g/mol. The highest BCUT2D eigenvalue weighted by Gasteiger charge is 2.40. The van der Waals surface area contributed by atoms with Crippen LogP contribution in [0.3, 0.4) is 0 Å². The zero-order valence-electron chi connectivity index (χ0n) is 25.6. The summed E-state index contributed by atoms with van der Waals surface area (Å²) in [6.07, 6.45) is 0.570. The Morgan fingerprint density at radius 1 is 0.956 bits per heavy atom. The van der Waals surface area contributed by atoms with Gasteiger partial charge >= 0.3 is 11.9 Å². The minimum atomic E-state index is -1.04. The van der Waals surface area contributed by atoms with Gasteiger partial charge in [-0.2, -0.15) is 0 Å². The highest BCUT2D eigenvalue weighted by molar-refractivity contribution is 6.00. The van der Waals surface area contributed by atoms with E-state index < -0.39 is 35.0 Å². The van der Waals surface area contributed by atoms with Crippen LogP contribution in [0.4, 0.5) is 5.69 Å². The summed E-state index contributed by atoms with van der Waals surface area (Å²) in [5.41, 5.74) is 9.43. The topological polar surface area (TPSA) is 137 Å². The number of hydrogen-bond acceptors (Lipinski definition) is 9. The van der Waals surface area contributed by atoms with Gasteiger partial charge in [-0.3, -0.25) is 15.0 Å². The van der Waals surface area contributed by atoms with Crippen molar-refractivity contribution in [1.82, 2.24) is 10.2 Å². The van der Waals surface area contributed by atoms with Gasteiger partial charge in [-0.25, -0.2) is 9.59 Å². The predicted octanol–water partition coefficient (Wildman–Crippen LogP) is 5.47. The van der Waals surface area contributed by atoms with Gasteiger partial charge in [-0.1, -0.05) is 72.8 Å². The fourth-order valence-corrected chi connectivity index (χ4v) is 6.18. The summed E-state index contributed by atoms with van der Waals surface area (Å²) in [6.45, 7) is 6.40. The van der Waals surface area contributed by atoms with Crippen LogP contribution in [0.2, 0.25) is 0 Å². The van der Waals surface area contributed by atoms with E-state index in [1.54, 1.807) is 26.8 Å². The van der Waals surface area contributed by atoms with Crippen molar-refractivity contribution in [2.75, 3.05) is 13.1 Å². The molecule has 45 heavy (non-hydrogen) atoms. The highest BCUT2D eigenvalue weighted by Crippen LogP contribution is 2.40. The van der Waals surface area contributed by atoms with Crippen LogP contribution in [0.5, 0.6) is 0 Å². The number of ether oxygens (including phenoxy) is 2. The van der Waals surface area contributed by atoms with Gasteiger partial charge in [0.1, 0.15) is 11.9 Å². The van der Waals surface area contributed by atoms with Crippen molar-refractivity contribution in [2.24, 2.45) is 5.73 Å². The van der Waals surface area contributed by atoms with Crippen molar-refractivity contribution in [2.45, 2.75) is 57.8 Å². The first-order valence-electron chi connectivity index (χ1n) is 15.1. The van der Waals surface area contributed by atoms with E-state index >= 15 is 0 Å². The molecule has 2 atom stereocenters. The van der Waals surface area contributed by atoms with Gasteiger partial charge in [0, 0.05) is 24.4 Å². The quantitative estimate of drug-likeness (QED) is 0.183. The molecule has 1 fully saturated rings. The molecule has 0 bridgehead atoms. The van der Waals surface area contributed by atoms with E-state index in [1.807, 2.05) is 36.4 Å². The Morgan fingerprint density at radius 2 is 1.60 bits per heavy atom. The van der Waals surface area contributed by atoms with E-state index in [4.69, 9.17) is 15.2 Å². The van der Waals surface area contributed by atoms with Crippen molar-refractivity contribution in [3.8, 4) is 0 Å². The van der Waals surface area contributed by atoms with Gasteiger partial charge in [0.15, 0.2) is 0 Å². The minimum Gasteiger partial charge on any atom is -0.460 e. The number of dihydropyridines is 1. The summed E-state index contributed by atoms with van der Waals surface area (Å²) >= 11 is 0. The van der Waals surface area contributed by atoms with E-state index in [0.717, 1.165) is 24.1 Å². The number of nitrogens with two attached hydrogens (primary N) is 1. The van der Waals surface area contributed by atoms with E-state index in [2.05, 4.69) is 34.5 Å². The Labute approximate surface area is 262 Å². The third-order valence-corrected chi connectivity index (χ3v) is 8.07. The molecule has 234 valence electrons. The molecule has 2 unspecified atom stereocenters. The van der Waals surface area contributed by atoms with Crippen LogP contribution in [0.15, 0.2) is 108 Å². The van der Waals surface area contributed by atoms with Gasteiger partial charge in [0.25, 0.3) is 5.69 Å². The number of non-ortho nitro benzene ring substituents is 1. The molecule has 10 heteroatoms. The van der Waals surface area contributed by atoms with Gasteiger partial charge in [0.05, 0.1) is 34.1 Å². The van der Waals surface area contributed by atoms with Crippen LogP contribution in [-0.2, 0) is 19.1 Å². The maximum Gasteiger partial charge on any atom is 0.338 e. The zero-order chi connectivity index (χ0) is 32.1. The summed E-state index contributed by atoms with van der Waals surface area (Å²) in [6, 6.07) is 26.3. The minimum absolute atomic E-state index is 0.0107. The number of carbonyl (C=O) groups excluding carboxylic acids is 2. The van der Waals surface area contributed by atoms with Gasteiger partial charge in [-0.05, 0) is 56.8 Å². The summed E-state index contributed by atoms with van der Waals surface area (Å²) in [5.74, 6) is -2.36. The molecule has 0 amide bonds. The van der Waals surface area contributed by atoms with Crippen molar-refractivity contribution >= 4 is 17.6 Å². The van der Waals surface area contributed by atoms with E-state index in [0.29, 0.717) is 24.2 Å². The number of benzene rings is 3. The Hall–Kier alpha value is -4.96. The normalized spacial score (nSPS) is 19.0. The lowest BCUT2D eigenvalue weighted by molar-refractivity contribution is -0.384. The first-order valence-corrected chi connectivity index (χ1v) is 15.1. The van der Waals surface area contributed by atoms with Crippen LogP contribution in [0.1, 0.15) is 62.3 Å². The lowest BCUT2D eigenvalue weighted by Gasteiger charge is -2.39. The number of nitro groups is 1. The van der Waals surface area contributed by atoms with Crippen LogP contribution < -0.4 is 11.1 Å². The van der Waals surface area contributed by atoms with E-state index in [-0.39, 0.29) is 28.7 Å². The van der Waals surface area contributed by atoms with Gasteiger partial charge in [-0.15, -0.1) is 0 Å². The molecule has 2 aliphatic heterocycles. The Balaban J connectivity index is 1.46. The average Bonchev–Trinajstić information content (AvgIpc) is 3.01. The molecule has 0 spiro atoms. The van der Waals surface area contributed by atoms with Crippen molar-refractivity contribution in [3.05, 3.63) is 134 Å². The van der Waals surface area contributed by atoms with Crippen molar-refractivity contribution in [3.63, 3.8) is 0 Å². The second-order valence-electron chi connectivity index (χ2n) is 11.6. The second kappa shape index (κ2) is 13.8. The lowest BCUT2D eigenvalue weighted by Crippen LogP contribution is -2.44. The molecular weight excluding hydrogens is 572 g/mol. The molecule has 0 saturated carbocycles. The fourth-order valence-electron chi connectivity index (χ4n) is 6.18. The van der Waals surface area contributed by atoms with Gasteiger partial charge < -0.3 is 20.5 Å². The highest BCUT2D eigenvalue weighted by atomic mass is 16.6. The molecule has 2 heterocycles. The van der Waals surface area contributed by atoms with Crippen LogP contribution in [0, 0.1) is 10.1 Å². The maximum absolute atomic E-state index is 14.1. The molecule has 3 aromatic rings. The lowest BCUT2D eigenvalue weighted by atomic mass is 9.81. The number of nitrogens with one attached hydrogen (secondary N) is 1. The number of hydrogen-bond donors (Lipinski definition) is 2. The van der Waals surface area contributed by atoms with Crippen LogP contribution in [-0.4, -0.2) is 47.1 Å². The number of esters is 2. The number of nitro benzene ring substituents is 1. The first kappa shape index (κ1) is 31.5. The average molecular weight is 611 g/mol. The van der Waals surface area contributed by atoms with Crippen molar-refractivity contribution < 1.29 is 24.0 Å². The maximum atomic E-state index is 14.1. The molecule has 0 radical (unpaired) electrons. The summed E-state index contributed by atoms with van der Waals surface area (Å²) in [4.78, 5) is 40.9. The Bertz CT molecular complexity index is 1580. The fraction of sp³-hybridized carbons (Fsp3) is 0.314. The third kappa shape index (κ3) is 7.07. The van der Waals surface area contributed by atoms with Crippen LogP contribution in [0.25, 0.3) is 0 Å². The van der Waals surface area contributed by atoms with Crippen molar-refractivity contribution in [1.29, 1.82) is 0 Å². The van der Waals surface area contributed by atoms with E-state index in [1.165, 1.54) is 18.2 Å². The zero-order valence-corrected chi connectivity index (χ0v) is 25.6. The number of allylic oxidation sites excluding steroid dienone is 1. The number of piperidine rings is 1. The molecule has 1 saturated heterocycles. The third-order valence-electron chi connectivity index (χ3n) is 8.07. The second-order valence-corrected chi connectivity index (χ2v) is 11.6. The van der Waals surface area contributed by atoms with E-state index in [9.17, 15) is 19.7 Å². The molecule has 10 nitrogen and oxygen atoms in total. The molecular formula is C35H38N4O6. The predicted molar refractivity (Wildman–Crippen MR) is 170 cm³/mol. The summed E-state index contributed by atoms with van der Waals surface area (Å²) in [7, 11) is 0. The number of rotatable bonds is 9. The molecule has 3 N–H and O–H groups in total. The molecule has 3 aromatic carbocycles. The SMILES string of the molecule is CC1=C(C(=O)OC(C)C)C(c2cccc([N+](=O)[O-])c2)C(C(=O)OC2CCCN(C(c3ccccc3)c3ccccc3)C2)=C(N)N1. The smallest absolute Gasteiger partial charge is 0.338 e. The Kier molecular flexibility index (Phi) is 9.63. The summed E-state index contributed by atoms with van der Waals surface area (Å²) in [5, 5.41) is 14.6. The summed E-state index contributed by atoms with van der Waals surface area (Å²) < 4.78 is 11.7. The largest absolute Gasteiger partial charge is 0.460 e. The molecule has 0 aliphatic carbocycles. The Morgan fingerprint density at radius 3 is 2.20 bits per heavy atom. The van der Waals surface area contributed by atoms with Gasteiger partial charge in [0.2, 0.25) is 0 Å². The standard InChI is InChI=1S/C35H38N4O6/c1-22(2)44-34(40)29-23(3)37-33(36)31(30(29)26-16-10-17-27(20-26)39(42)43)35(41)45-28-18-11-19-38(21-28)32(24-12-6-4-7-13-24)25-14-8-5-9-15-25/h4-10,12-17,20,22,28,30,32,37H,11,18-19,21,36H2,1-3H3. The molecule has 2 aliphatic rings. The molecule has 5 rings (SSSR count). The number of nitrogens with zero attached hydrogens (tertiary/aromatic N) is 2. The number of likely N-dealkylation sites (tertiary alicyclic amines) is 1.